The summed E-state index contributed by atoms with van der Waals surface area (Å²) in [6, 6.07) is 13.7. The Morgan fingerprint density at radius 2 is 1.88 bits per heavy atom. The van der Waals surface area contributed by atoms with Crippen molar-refractivity contribution in [3.63, 3.8) is 0 Å². The second kappa shape index (κ2) is 5.15. The fourth-order valence-corrected chi connectivity index (χ4v) is 2.54. The third-order valence-corrected chi connectivity index (χ3v) is 3.36. The summed E-state index contributed by atoms with van der Waals surface area (Å²) in [5, 5.41) is 0. The van der Waals surface area contributed by atoms with Crippen LogP contribution in [-0.4, -0.2) is 5.78 Å². The van der Waals surface area contributed by atoms with Gasteiger partial charge in [0.25, 0.3) is 0 Å². The van der Waals surface area contributed by atoms with Crippen LogP contribution < -0.4 is 0 Å². The van der Waals surface area contributed by atoms with E-state index in [0.717, 1.165) is 9.79 Å². The third-order valence-electron chi connectivity index (χ3n) is 2.29. The first-order chi connectivity index (χ1) is 8.16. The number of carbonyl (C=O) groups is 1. The first kappa shape index (κ1) is 11.9. The van der Waals surface area contributed by atoms with Crippen molar-refractivity contribution in [2.24, 2.45) is 0 Å². The Kier molecular flexibility index (Phi) is 3.59. The van der Waals surface area contributed by atoms with Crippen LogP contribution in [0.3, 0.4) is 0 Å². The van der Waals surface area contributed by atoms with Crippen molar-refractivity contribution in [1.29, 1.82) is 0 Å². The summed E-state index contributed by atoms with van der Waals surface area (Å²) in [5.74, 6) is -0.250. The number of carbonyl (C=O) groups excluding carboxylic acids is 1. The predicted molar refractivity (Wildman–Crippen MR) is 67.0 cm³/mol. The highest BCUT2D eigenvalue weighted by Gasteiger charge is 2.07. The van der Waals surface area contributed by atoms with Crippen LogP contribution in [0.5, 0.6) is 0 Å². The van der Waals surface area contributed by atoms with Crippen LogP contribution in [0.2, 0.25) is 0 Å². The van der Waals surface area contributed by atoms with Crippen molar-refractivity contribution in [2.75, 3.05) is 0 Å². The van der Waals surface area contributed by atoms with E-state index in [9.17, 15) is 9.18 Å². The van der Waals surface area contributed by atoms with Gasteiger partial charge in [-0.1, -0.05) is 36.0 Å². The first-order valence-electron chi connectivity index (χ1n) is 5.20. The molecule has 0 aliphatic heterocycles. The standard InChI is InChI=1S/C14H11FOS/c1-10(16)13-7-2-3-8-14(13)17-12-6-4-5-11(15)9-12/h2-9H,1H3. The molecular formula is C14H11FOS. The lowest BCUT2D eigenvalue weighted by molar-refractivity contribution is 0.101. The van der Waals surface area contributed by atoms with Crippen molar-refractivity contribution in [3.05, 3.63) is 59.9 Å². The van der Waals surface area contributed by atoms with Gasteiger partial charge >= 0.3 is 0 Å². The Morgan fingerprint density at radius 1 is 1.12 bits per heavy atom. The van der Waals surface area contributed by atoms with E-state index in [4.69, 9.17) is 0 Å². The van der Waals surface area contributed by atoms with E-state index < -0.39 is 0 Å². The van der Waals surface area contributed by atoms with Gasteiger partial charge in [-0.25, -0.2) is 4.39 Å². The van der Waals surface area contributed by atoms with Gasteiger partial charge in [0.2, 0.25) is 0 Å². The molecule has 2 rings (SSSR count). The highest BCUT2D eigenvalue weighted by molar-refractivity contribution is 7.99. The van der Waals surface area contributed by atoms with E-state index in [1.54, 1.807) is 12.1 Å². The maximum atomic E-state index is 13.0. The molecule has 86 valence electrons. The lowest BCUT2D eigenvalue weighted by Crippen LogP contribution is -1.94. The van der Waals surface area contributed by atoms with Crippen LogP contribution in [0.25, 0.3) is 0 Å². The molecule has 0 heterocycles. The summed E-state index contributed by atoms with van der Waals surface area (Å²) < 4.78 is 13.0. The van der Waals surface area contributed by atoms with Gasteiger partial charge in [-0.3, -0.25) is 4.79 Å². The number of hydrogen-bond donors (Lipinski definition) is 0. The lowest BCUT2D eigenvalue weighted by Gasteiger charge is -2.06. The highest BCUT2D eigenvalue weighted by atomic mass is 32.2. The summed E-state index contributed by atoms with van der Waals surface area (Å²) >= 11 is 1.40. The zero-order chi connectivity index (χ0) is 12.3. The smallest absolute Gasteiger partial charge is 0.160 e. The molecule has 0 amide bonds. The number of ketones is 1. The van der Waals surface area contributed by atoms with Gasteiger partial charge in [-0.15, -0.1) is 0 Å². The Balaban J connectivity index is 2.33. The second-order valence-corrected chi connectivity index (χ2v) is 4.73. The molecule has 0 saturated carbocycles. The van der Waals surface area contributed by atoms with Gasteiger partial charge in [0.05, 0.1) is 0 Å². The Morgan fingerprint density at radius 3 is 2.59 bits per heavy atom. The summed E-state index contributed by atoms with van der Waals surface area (Å²) in [7, 11) is 0. The van der Waals surface area contributed by atoms with Crippen molar-refractivity contribution >= 4 is 17.5 Å². The molecule has 0 aliphatic rings. The minimum Gasteiger partial charge on any atom is -0.294 e. The van der Waals surface area contributed by atoms with E-state index in [2.05, 4.69) is 0 Å². The van der Waals surface area contributed by atoms with Gasteiger partial charge in [0.15, 0.2) is 5.78 Å². The number of hydrogen-bond acceptors (Lipinski definition) is 2. The van der Waals surface area contributed by atoms with Crippen LogP contribution in [0.4, 0.5) is 4.39 Å². The van der Waals surface area contributed by atoms with Crippen LogP contribution >= 0.6 is 11.8 Å². The molecule has 0 bridgehead atoms. The van der Waals surface area contributed by atoms with E-state index in [-0.39, 0.29) is 11.6 Å². The van der Waals surface area contributed by atoms with E-state index in [0.29, 0.717) is 5.56 Å². The Hall–Kier alpha value is -1.61. The fourth-order valence-electron chi connectivity index (χ4n) is 1.50. The van der Waals surface area contributed by atoms with Crippen LogP contribution in [0.15, 0.2) is 58.3 Å². The fraction of sp³-hybridized carbons (Fsp3) is 0.0714. The molecule has 0 N–H and O–H groups in total. The topological polar surface area (TPSA) is 17.1 Å². The van der Waals surface area contributed by atoms with E-state index in [1.165, 1.54) is 30.8 Å². The zero-order valence-corrected chi connectivity index (χ0v) is 10.1. The molecule has 0 saturated heterocycles. The van der Waals surface area contributed by atoms with Crippen molar-refractivity contribution in [2.45, 2.75) is 16.7 Å². The number of halogens is 1. The molecule has 0 atom stereocenters. The second-order valence-electron chi connectivity index (χ2n) is 3.61. The molecule has 17 heavy (non-hydrogen) atoms. The summed E-state index contributed by atoms with van der Waals surface area (Å²) in [5.41, 5.74) is 0.668. The summed E-state index contributed by atoms with van der Waals surface area (Å²) in [6.45, 7) is 1.53. The number of rotatable bonds is 3. The molecule has 0 radical (unpaired) electrons. The average molecular weight is 246 g/mol. The largest absolute Gasteiger partial charge is 0.294 e. The predicted octanol–water partition coefficient (Wildman–Crippen LogP) is 4.18. The van der Waals surface area contributed by atoms with Crippen LogP contribution in [0, 0.1) is 5.82 Å². The summed E-state index contributed by atoms with van der Waals surface area (Å²) in [6.07, 6.45) is 0. The monoisotopic (exact) mass is 246 g/mol. The summed E-state index contributed by atoms with van der Waals surface area (Å²) in [4.78, 5) is 13.1. The van der Waals surface area contributed by atoms with Gasteiger partial charge in [-0.05, 0) is 31.2 Å². The minimum absolute atomic E-state index is 0.0181. The molecule has 0 unspecified atom stereocenters. The third kappa shape index (κ3) is 2.94. The Labute approximate surface area is 104 Å². The van der Waals surface area contributed by atoms with E-state index >= 15 is 0 Å². The van der Waals surface area contributed by atoms with Gasteiger partial charge in [-0.2, -0.15) is 0 Å². The zero-order valence-electron chi connectivity index (χ0n) is 9.31. The normalized spacial score (nSPS) is 10.2. The lowest BCUT2D eigenvalue weighted by atomic mass is 10.1. The van der Waals surface area contributed by atoms with E-state index in [1.807, 2.05) is 24.3 Å². The molecule has 0 spiro atoms. The van der Waals surface area contributed by atoms with Crippen molar-refractivity contribution < 1.29 is 9.18 Å². The molecule has 0 aliphatic carbocycles. The SMILES string of the molecule is CC(=O)c1ccccc1Sc1cccc(F)c1. The molecule has 2 aromatic carbocycles. The molecule has 0 aromatic heterocycles. The van der Waals surface area contributed by atoms with Gasteiger partial charge < -0.3 is 0 Å². The van der Waals surface area contributed by atoms with Crippen LogP contribution in [0.1, 0.15) is 17.3 Å². The van der Waals surface area contributed by atoms with Crippen molar-refractivity contribution in [1.82, 2.24) is 0 Å². The highest BCUT2D eigenvalue weighted by Crippen LogP contribution is 2.30. The molecule has 1 nitrogen and oxygen atoms in total. The molecule has 3 heteroatoms. The number of Topliss-reactive ketones (excluding diaryl/α,β-unsaturated/α-hetero) is 1. The number of benzene rings is 2. The van der Waals surface area contributed by atoms with Crippen LogP contribution in [-0.2, 0) is 0 Å². The maximum Gasteiger partial charge on any atom is 0.160 e. The quantitative estimate of drug-likeness (QED) is 0.756. The Bertz CT molecular complexity index is 551. The minimum atomic E-state index is -0.268. The molecular weight excluding hydrogens is 235 g/mol. The van der Waals surface area contributed by atoms with Gasteiger partial charge in [0, 0.05) is 15.4 Å². The maximum absolute atomic E-state index is 13.0. The molecule has 2 aromatic rings. The van der Waals surface area contributed by atoms with Crippen molar-refractivity contribution in [3.8, 4) is 0 Å². The molecule has 0 fully saturated rings. The first-order valence-corrected chi connectivity index (χ1v) is 6.02. The van der Waals surface area contributed by atoms with Gasteiger partial charge in [0.1, 0.15) is 5.82 Å². The average Bonchev–Trinajstić information content (AvgIpc) is 2.29.